The molecule has 4 heteroatoms. The first kappa shape index (κ1) is 13.5. The average molecular weight is 257 g/mol. The summed E-state index contributed by atoms with van der Waals surface area (Å²) in [6.45, 7) is 4.02. The molecule has 0 fully saturated rings. The molecule has 0 spiro atoms. The summed E-state index contributed by atoms with van der Waals surface area (Å²) in [5, 5.41) is 8.53. The van der Waals surface area contributed by atoms with E-state index in [0.717, 1.165) is 17.1 Å². The molecule has 19 heavy (non-hydrogen) atoms. The molecule has 0 aromatic heterocycles. The van der Waals surface area contributed by atoms with Gasteiger partial charge < -0.3 is 10.5 Å². The third-order valence-electron chi connectivity index (χ3n) is 3.02. The fraction of sp³-hybridized carbons (Fsp3) is 0.333. The highest BCUT2D eigenvalue weighted by atomic mass is 16.5. The van der Waals surface area contributed by atoms with Crippen molar-refractivity contribution in [1.29, 1.82) is 0 Å². The molecular formula is C15H19N3O. The summed E-state index contributed by atoms with van der Waals surface area (Å²) in [4.78, 5) is 0. The van der Waals surface area contributed by atoms with E-state index in [9.17, 15) is 0 Å². The van der Waals surface area contributed by atoms with Crippen LogP contribution in [0.4, 0.5) is 5.69 Å². The second-order valence-corrected chi connectivity index (χ2v) is 4.98. The van der Waals surface area contributed by atoms with Gasteiger partial charge in [-0.1, -0.05) is 19.1 Å². The van der Waals surface area contributed by atoms with Crippen LogP contribution in [0.5, 0.6) is 5.75 Å². The Labute approximate surface area is 113 Å². The summed E-state index contributed by atoms with van der Waals surface area (Å²) in [5.41, 5.74) is 7.30. The van der Waals surface area contributed by atoms with E-state index in [1.807, 2.05) is 43.3 Å². The van der Waals surface area contributed by atoms with Crippen LogP contribution in [0.2, 0.25) is 0 Å². The average Bonchev–Trinajstić information content (AvgIpc) is 2.40. The molecule has 0 saturated carbocycles. The number of ether oxygens (including phenoxy) is 1. The fourth-order valence-electron chi connectivity index (χ4n) is 1.83. The molecule has 1 aromatic rings. The van der Waals surface area contributed by atoms with Crippen molar-refractivity contribution in [2.45, 2.75) is 19.4 Å². The maximum absolute atomic E-state index is 6.06. The van der Waals surface area contributed by atoms with Gasteiger partial charge in [-0.2, -0.15) is 10.2 Å². The first-order chi connectivity index (χ1) is 9.00. The van der Waals surface area contributed by atoms with E-state index < -0.39 is 5.54 Å². The molecule has 0 bridgehead atoms. The highest BCUT2D eigenvalue weighted by Gasteiger charge is 2.20. The molecule has 2 N–H and O–H groups in total. The largest absolute Gasteiger partial charge is 0.497 e. The molecule has 2 atom stereocenters. The fourth-order valence-corrected chi connectivity index (χ4v) is 1.83. The van der Waals surface area contributed by atoms with Crippen LogP contribution in [0.3, 0.4) is 0 Å². The van der Waals surface area contributed by atoms with Crippen molar-refractivity contribution in [2.24, 2.45) is 21.9 Å². The molecule has 0 heterocycles. The van der Waals surface area contributed by atoms with Crippen LogP contribution in [0.1, 0.15) is 13.8 Å². The number of hydrogen-bond acceptors (Lipinski definition) is 4. The lowest BCUT2D eigenvalue weighted by Gasteiger charge is -2.23. The quantitative estimate of drug-likeness (QED) is 0.664. The maximum Gasteiger partial charge on any atom is 0.119 e. The SMILES string of the molecule is COc1ccc(N=NC2=CC(C)(N)C=CC2C)cc1. The van der Waals surface area contributed by atoms with E-state index in [0.29, 0.717) is 0 Å². The molecule has 1 aliphatic rings. The van der Waals surface area contributed by atoms with Crippen LogP contribution in [-0.2, 0) is 0 Å². The number of hydrogen-bond donors (Lipinski definition) is 1. The van der Waals surface area contributed by atoms with E-state index in [4.69, 9.17) is 10.5 Å². The minimum absolute atomic E-state index is 0.235. The van der Waals surface area contributed by atoms with Gasteiger partial charge in [-0.05, 0) is 37.3 Å². The van der Waals surface area contributed by atoms with Gasteiger partial charge in [0.15, 0.2) is 0 Å². The number of benzene rings is 1. The Morgan fingerprint density at radius 3 is 2.53 bits per heavy atom. The zero-order chi connectivity index (χ0) is 13.9. The van der Waals surface area contributed by atoms with E-state index in [1.54, 1.807) is 7.11 Å². The van der Waals surface area contributed by atoms with Gasteiger partial charge in [0.25, 0.3) is 0 Å². The number of allylic oxidation sites excluding steroid dienone is 1. The second-order valence-electron chi connectivity index (χ2n) is 4.98. The maximum atomic E-state index is 6.06. The van der Waals surface area contributed by atoms with Crippen LogP contribution in [0.15, 0.2) is 58.4 Å². The molecule has 0 aliphatic heterocycles. The van der Waals surface area contributed by atoms with Crippen molar-refractivity contribution < 1.29 is 4.74 Å². The summed E-state index contributed by atoms with van der Waals surface area (Å²) in [5.74, 6) is 1.04. The zero-order valence-electron chi connectivity index (χ0n) is 11.5. The summed E-state index contributed by atoms with van der Waals surface area (Å²) >= 11 is 0. The van der Waals surface area contributed by atoms with Gasteiger partial charge in [-0.25, -0.2) is 0 Å². The molecular weight excluding hydrogens is 238 g/mol. The lowest BCUT2D eigenvalue weighted by atomic mass is 9.90. The lowest BCUT2D eigenvalue weighted by Crippen LogP contribution is -2.33. The Kier molecular flexibility index (Phi) is 3.81. The van der Waals surface area contributed by atoms with Crippen LogP contribution in [-0.4, -0.2) is 12.6 Å². The van der Waals surface area contributed by atoms with E-state index in [1.165, 1.54) is 0 Å². The number of nitrogens with zero attached hydrogens (tertiary/aromatic N) is 2. The van der Waals surface area contributed by atoms with E-state index >= 15 is 0 Å². The van der Waals surface area contributed by atoms with Gasteiger partial charge in [0.2, 0.25) is 0 Å². The van der Waals surface area contributed by atoms with Gasteiger partial charge in [-0.15, -0.1) is 0 Å². The van der Waals surface area contributed by atoms with Crippen LogP contribution < -0.4 is 10.5 Å². The standard InChI is InChI=1S/C15H19N3O/c1-11-8-9-15(2,16)10-14(11)18-17-12-4-6-13(19-3)7-5-12/h4-11H,16H2,1-3H3. The number of rotatable bonds is 3. The molecule has 2 rings (SSSR count). The van der Waals surface area contributed by atoms with Crippen LogP contribution in [0.25, 0.3) is 0 Å². The normalized spacial score (nSPS) is 26.5. The molecule has 1 aromatic carbocycles. The van der Waals surface area contributed by atoms with Gasteiger partial charge in [0.05, 0.1) is 24.0 Å². The highest BCUT2D eigenvalue weighted by molar-refractivity contribution is 5.41. The molecule has 2 unspecified atom stereocenters. The van der Waals surface area contributed by atoms with Crippen molar-refractivity contribution in [3.63, 3.8) is 0 Å². The predicted molar refractivity (Wildman–Crippen MR) is 76.5 cm³/mol. The minimum atomic E-state index is -0.444. The van der Waals surface area contributed by atoms with Crippen molar-refractivity contribution in [3.8, 4) is 5.75 Å². The Bertz CT molecular complexity index is 527. The predicted octanol–water partition coefficient (Wildman–Crippen LogP) is 3.59. The summed E-state index contributed by atoms with van der Waals surface area (Å²) in [6.07, 6.45) is 6.00. The lowest BCUT2D eigenvalue weighted by molar-refractivity contribution is 0.415. The first-order valence-electron chi connectivity index (χ1n) is 6.27. The van der Waals surface area contributed by atoms with Gasteiger partial charge in [0, 0.05) is 5.92 Å². The summed E-state index contributed by atoms with van der Waals surface area (Å²) in [7, 11) is 1.64. The Morgan fingerprint density at radius 2 is 1.89 bits per heavy atom. The van der Waals surface area contributed by atoms with Crippen molar-refractivity contribution >= 4 is 5.69 Å². The number of methoxy groups -OCH3 is 1. The Balaban J connectivity index is 2.15. The smallest absolute Gasteiger partial charge is 0.119 e. The topological polar surface area (TPSA) is 60.0 Å². The third-order valence-corrected chi connectivity index (χ3v) is 3.02. The Morgan fingerprint density at radius 1 is 1.21 bits per heavy atom. The minimum Gasteiger partial charge on any atom is -0.497 e. The van der Waals surface area contributed by atoms with Crippen LogP contribution >= 0.6 is 0 Å². The molecule has 0 radical (unpaired) electrons. The molecule has 0 saturated heterocycles. The zero-order valence-corrected chi connectivity index (χ0v) is 11.5. The highest BCUT2D eigenvalue weighted by Crippen LogP contribution is 2.26. The first-order valence-corrected chi connectivity index (χ1v) is 6.27. The molecule has 0 amide bonds. The number of azo groups is 1. The molecule has 100 valence electrons. The molecule has 4 nitrogen and oxygen atoms in total. The summed E-state index contributed by atoms with van der Waals surface area (Å²) in [6, 6.07) is 7.46. The van der Waals surface area contributed by atoms with Crippen LogP contribution in [0, 0.1) is 5.92 Å². The van der Waals surface area contributed by atoms with E-state index in [-0.39, 0.29) is 5.92 Å². The van der Waals surface area contributed by atoms with Crippen molar-refractivity contribution in [1.82, 2.24) is 0 Å². The van der Waals surface area contributed by atoms with Gasteiger partial charge in [-0.3, -0.25) is 0 Å². The third kappa shape index (κ3) is 3.51. The van der Waals surface area contributed by atoms with Gasteiger partial charge in [0.1, 0.15) is 5.75 Å². The van der Waals surface area contributed by atoms with Crippen molar-refractivity contribution in [3.05, 3.63) is 48.2 Å². The van der Waals surface area contributed by atoms with E-state index in [2.05, 4.69) is 23.2 Å². The Hall–Kier alpha value is -1.94. The monoisotopic (exact) mass is 257 g/mol. The molecule has 1 aliphatic carbocycles. The summed E-state index contributed by atoms with van der Waals surface area (Å²) < 4.78 is 5.10. The van der Waals surface area contributed by atoms with Gasteiger partial charge >= 0.3 is 0 Å². The number of nitrogens with two attached hydrogens (primary N) is 1. The van der Waals surface area contributed by atoms with Crippen molar-refractivity contribution in [2.75, 3.05) is 7.11 Å². The second kappa shape index (κ2) is 5.36.